The van der Waals surface area contributed by atoms with Crippen LogP contribution >= 0.6 is 11.3 Å². The molecule has 1 aliphatic carbocycles. The number of nitrogens with zero attached hydrogens (tertiary/aromatic N) is 2. The third kappa shape index (κ3) is 2.12. The summed E-state index contributed by atoms with van der Waals surface area (Å²) in [5.41, 5.74) is 1.65. The molecule has 3 heterocycles. The number of hydrogen-bond acceptors (Lipinski definition) is 7. The number of aromatic nitrogens is 2. The van der Waals surface area contributed by atoms with Crippen molar-refractivity contribution >= 4 is 28.8 Å². The first-order chi connectivity index (χ1) is 10.5. The number of carbonyl (C=O) groups is 1. The number of ketones is 1. The summed E-state index contributed by atoms with van der Waals surface area (Å²) in [6, 6.07) is 3.80. The Balaban J connectivity index is 1.87. The molecule has 0 amide bonds. The van der Waals surface area contributed by atoms with Gasteiger partial charge in [0.25, 0.3) is 0 Å². The summed E-state index contributed by atoms with van der Waals surface area (Å²) in [5.74, 6) is 1.25. The first-order valence-electron chi connectivity index (χ1n) is 7.19. The van der Waals surface area contributed by atoms with E-state index in [2.05, 4.69) is 34.8 Å². The highest BCUT2D eigenvalue weighted by atomic mass is 32.1. The smallest absolute Gasteiger partial charge is 0.219 e. The van der Waals surface area contributed by atoms with Gasteiger partial charge in [-0.25, -0.2) is 4.63 Å². The van der Waals surface area contributed by atoms with E-state index in [4.69, 9.17) is 4.63 Å². The van der Waals surface area contributed by atoms with E-state index in [9.17, 15) is 4.79 Å². The van der Waals surface area contributed by atoms with Crippen molar-refractivity contribution in [3.63, 3.8) is 0 Å². The predicted octanol–water partition coefficient (Wildman–Crippen LogP) is 3.35. The summed E-state index contributed by atoms with van der Waals surface area (Å²) in [6.45, 7) is 4.22. The van der Waals surface area contributed by atoms with Crippen LogP contribution in [-0.2, 0) is 4.79 Å². The highest BCUT2D eigenvalue weighted by Crippen LogP contribution is 2.45. The summed E-state index contributed by atoms with van der Waals surface area (Å²) in [4.78, 5) is 13.9. The molecule has 114 valence electrons. The fourth-order valence-corrected chi connectivity index (χ4v) is 3.95. The van der Waals surface area contributed by atoms with E-state index in [1.54, 1.807) is 11.3 Å². The summed E-state index contributed by atoms with van der Waals surface area (Å²) in [7, 11) is 0. The zero-order chi connectivity index (χ0) is 15.3. The van der Waals surface area contributed by atoms with Crippen molar-refractivity contribution < 1.29 is 9.42 Å². The Hall–Kier alpha value is -2.15. The third-order valence-electron chi connectivity index (χ3n) is 4.08. The van der Waals surface area contributed by atoms with Gasteiger partial charge in [0.2, 0.25) is 11.6 Å². The monoisotopic (exact) mass is 316 g/mol. The molecule has 1 aliphatic heterocycles. The predicted molar refractivity (Wildman–Crippen MR) is 83.7 cm³/mol. The van der Waals surface area contributed by atoms with Crippen LogP contribution < -0.4 is 10.6 Å². The van der Waals surface area contributed by atoms with Crippen molar-refractivity contribution in [3.05, 3.63) is 33.7 Å². The highest BCUT2D eigenvalue weighted by Gasteiger charge is 2.39. The quantitative estimate of drug-likeness (QED) is 0.840. The van der Waals surface area contributed by atoms with Crippen molar-refractivity contribution in [3.8, 4) is 0 Å². The van der Waals surface area contributed by atoms with Gasteiger partial charge in [-0.15, -0.1) is 11.3 Å². The number of rotatable bonds is 1. The van der Waals surface area contributed by atoms with E-state index in [-0.39, 0.29) is 17.2 Å². The van der Waals surface area contributed by atoms with Gasteiger partial charge < -0.3 is 10.6 Å². The molecule has 0 spiro atoms. The van der Waals surface area contributed by atoms with E-state index >= 15 is 0 Å². The standard InChI is InChI=1S/C15H16N4O2S/c1-15(2)6-8-11(9(20)7-15)12(10-4-3-5-22-10)17-14-13(16-8)18-21-19-14/h3-5,12H,6-7H2,1-2H3,(H,16,18)(H,17,19)/t12-/m0/s1. The molecule has 2 aliphatic rings. The second kappa shape index (κ2) is 4.67. The molecule has 4 rings (SSSR count). The molecular formula is C15H16N4O2S. The van der Waals surface area contributed by atoms with Crippen LogP contribution in [0.5, 0.6) is 0 Å². The summed E-state index contributed by atoms with van der Waals surface area (Å²) < 4.78 is 4.82. The van der Waals surface area contributed by atoms with Crippen LogP contribution in [0.15, 0.2) is 33.4 Å². The molecule has 0 saturated heterocycles. The maximum Gasteiger partial charge on any atom is 0.219 e. The summed E-state index contributed by atoms with van der Waals surface area (Å²) in [5, 5.41) is 16.4. The van der Waals surface area contributed by atoms with Gasteiger partial charge in [0.1, 0.15) is 0 Å². The fourth-order valence-electron chi connectivity index (χ4n) is 3.17. The molecule has 2 aromatic heterocycles. The molecule has 0 aromatic carbocycles. The van der Waals surface area contributed by atoms with Gasteiger partial charge in [0.15, 0.2) is 5.78 Å². The SMILES string of the molecule is CC1(C)CC(=O)C2=C(C1)Nc1nonc1N[C@H]2c1cccs1. The van der Waals surface area contributed by atoms with E-state index < -0.39 is 0 Å². The van der Waals surface area contributed by atoms with Crippen LogP contribution in [0.25, 0.3) is 0 Å². The zero-order valence-electron chi connectivity index (χ0n) is 12.3. The Morgan fingerprint density at radius 3 is 2.91 bits per heavy atom. The fraction of sp³-hybridized carbons (Fsp3) is 0.400. The largest absolute Gasteiger partial charge is 0.352 e. The molecule has 6 nitrogen and oxygen atoms in total. The summed E-state index contributed by atoms with van der Waals surface area (Å²) in [6.07, 6.45) is 1.34. The Morgan fingerprint density at radius 2 is 2.14 bits per heavy atom. The Labute approximate surface area is 131 Å². The van der Waals surface area contributed by atoms with Gasteiger partial charge in [0.05, 0.1) is 6.04 Å². The van der Waals surface area contributed by atoms with Crippen LogP contribution in [-0.4, -0.2) is 16.1 Å². The van der Waals surface area contributed by atoms with Crippen molar-refractivity contribution in [1.29, 1.82) is 0 Å². The number of nitrogens with one attached hydrogen (secondary N) is 2. The number of anilines is 2. The number of thiophene rings is 1. The summed E-state index contributed by atoms with van der Waals surface area (Å²) >= 11 is 1.62. The molecule has 0 saturated carbocycles. The van der Waals surface area contributed by atoms with Crippen molar-refractivity contribution in [2.45, 2.75) is 32.7 Å². The van der Waals surface area contributed by atoms with E-state index in [0.29, 0.717) is 18.1 Å². The second-order valence-electron chi connectivity index (χ2n) is 6.51. The van der Waals surface area contributed by atoms with E-state index in [0.717, 1.165) is 22.6 Å². The number of Topliss-reactive ketones (excluding diaryl/α,β-unsaturated/α-hetero) is 1. The van der Waals surface area contributed by atoms with Gasteiger partial charge >= 0.3 is 0 Å². The van der Waals surface area contributed by atoms with Gasteiger partial charge in [-0.2, -0.15) is 0 Å². The minimum atomic E-state index is -0.209. The van der Waals surface area contributed by atoms with Crippen LogP contribution in [0.4, 0.5) is 11.6 Å². The number of allylic oxidation sites excluding steroid dienone is 1. The van der Waals surface area contributed by atoms with E-state index in [1.807, 2.05) is 17.5 Å². The number of carbonyl (C=O) groups excluding carboxylic acids is 1. The lowest BCUT2D eigenvalue weighted by molar-refractivity contribution is -0.118. The first kappa shape index (κ1) is 13.5. The Kier molecular flexibility index (Phi) is 2.87. The maximum absolute atomic E-state index is 12.8. The third-order valence-corrected chi connectivity index (χ3v) is 5.01. The molecule has 0 radical (unpaired) electrons. The van der Waals surface area contributed by atoms with Crippen LogP contribution in [0.1, 0.15) is 37.6 Å². The minimum Gasteiger partial charge on any atom is -0.352 e. The average molecular weight is 316 g/mol. The van der Waals surface area contributed by atoms with Gasteiger partial charge in [0, 0.05) is 22.6 Å². The highest BCUT2D eigenvalue weighted by molar-refractivity contribution is 7.10. The van der Waals surface area contributed by atoms with Gasteiger partial charge in [-0.05, 0) is 33.6 Å². The van der Waals surface area contributed by atoms with Crippen molar-refractivity contribution in [2.24, 2.45) is 5.41 Å². The molecule has 7 heteroatoms. The molecule has 1 atom stereocenters. The second-order valence-corrected chi connectivity index (χ2v) is 7.49. The lowest BCUT2D eigenvalue weighted by Gasteiger charge is -2.33. The Bertz CT molecular complexity index is 760. The maximum atomic E-state index is 12.8. The minimum absolute atomic E-state index is 0.0649. The van der Waals surface area contributed by atoms with Gasteiger partial charge in [-0.3, -0.25) is 4.79 Å². The lowest BCUT2D eigenvalue weighted by atomic mass is 9.74. The molecular weight excluding hydrogens is 300 g/mol. The number of hydrogen-bond donors (Lipinski definition) is 2. The van der Waals surface area contributed by atoms with Crippen molar-refractivity contribution in [2.75, 3.05) is 10.6 Å². The van der Waals surface area contributed by atoms with Crippen molar-refractivity contribution in [1.82, 2.24) is 10.3 Å². The van der Waals surface area contributed by atoms with E-state index in [1.165, 1.54) is 0 Å². The Morgan fingerprint density at radius 1 is 1.32 bits per heavy atom. The van der Waals surface area contributed by atoms with Gasteiger partial charge in [-0.1, -0.05) is 19.9 Å². The molecule has 22 heavy (non-hydrogen) atoms. The molecule has 0 fully saturated rings. The molecule has 0 unspecified atom stereocenters. The average Bonchev–Trinajstić information content (AvgIpc) is 3.06. The normalized spacial score (nSPS) is 23.2. The molecule has 2 aromatic rings. The topological polar surface area (TPSA) is 80.1 Å². The number of fused-ring (bicyclic) bond motifs is 1. The molecule has 2 N–H and O–H groups in total. The van der Waals surface area contributed by atoms with Crippen LogP contribution in [0.3, 0.4) is 0 Å². The van der Waals surface area contributed by atoms with Crippen LogP contribution in [0.2, 0.25) is 0 Å². The zero-order valence-corrected chi connectivity index (χ0v) is 13.2. The first-order valence-corrected chi connectivity index (χ1v) is 8.07. The van der Waals surface area contributed by atoms with Crippen LogP contribution in [0, 0.1) is 5.41 Å². The lowest BCUT2D eigenvalue weighted by Crippen LogP contribution is -2.31. The molecule has 0 bridgehead atoms.